The molecule has 2 atom stereocenters. The summed E-state index contributed by atoms with van der Waals surface area (Å²) in [6.45, 7) is 4.37. The number of methoxy groups -OCH3 is 1. The van der Waals surface area contributed by atoms with Crippen molar-refractivity contribution in [3.05, 3.63) is 0 Å². The topological polar surface area (TPSA) is 21.3 Å². The largest absolute Gasteiger partial charge is 0.385 e. The Morgan fingerprint density at radius 2 is 2.08 bits per heavy atom. The van der Waals surface area contributed by atoms with E-state index in [1.165, 1.54) is 25.7 Å². The highest BCUT2D eigenvalue weighted by molar-refractivity contribution is 4.77. The molecule has 1 rings (SSSR count). The van der Waals surface area contributed by atoms with Gasteiger partial charge < -0.3 is 10.1 Å². The van der Waals surface area contributed by atoms with Crippen molar-refractivity contribution in [3.63, 3.8) is 0 Å². The zero-order valence-corrected chi connectivity index (χ0v) is 9.01. The predicted molar refractivity (Wildman–Crippen MR) is 55.9 cm³/mol. The monoisotopic (exact) mass is 185 g/mol. The van der Waals surface area contributed by atoms with Crippen molar-refractivity contribution >= 4 is 0 Å². The number of rotatable bonds is 5. The molecule has 0 aromatic rings. The molecule has 1 fully saturated rings. The van der Waals surface area contributed by atoms with E-state index in [4.69, 9.17) is 4.74 Å². The Bertz CT molecular complexity index is 127. The Kier molecular flexibility index (Phi) is 5.40. The van der Waals surface area contributed by atoms with Gasteiger partial charge in [-0.1, -0.05) is 19.8 Å². The minimum absolute atomic E-state index is 0.769. The summed E-state index contributed by atoms with van der Waals surface area (Å²) in [7, 11) is 1.77. The third-order valence-corrected chi connectivity index (χ3v) is 3.04. The Labute approximate surface area is 82.0 Å². The predicted octanol–water partition coefficient (Wildman–Crippen LogP) is 2.19. The Hall–Kier alpha value is -0.0800. The molecule has 0 aliphatic heterocycles. The quantitative estimate of drug-likeness (QED) is 0.663. The van der Waals surface area contributed by atoms with Crippen LogP contribution in [0.3, 0.4) is 0 Å². The lowest BCUT2D eigenvalue weighted by molar-refractivity contribution is 0.189. The van der Waals surface area contributed by atoms with E-state index >= 15 is 0 Å². The SMILES string of the molecule is COCCCN[C@H]1CCCC[C@H]1C. The lowest BCUT2D eigenvalue weighted by Gasteiger charge is -2.29. The summed E-state index contributed by atoms with van der Waals surface area (Å²) in [6.07, 6.45) is 6.75. The zero-order chi connectivity index (χ0) is 9.52. The van der Waals surface area contributed by atoms with Crippen LogP contribution in [0.2, 0.25) is 0 Å². The molecular weight excluding hydrogens is 162 g/mol. The molecule has 0 radical (unpaired) electrons. The van der Waals surface area contributed by atoms with Crippen molar-refractivity contribution in [2.24, 2.45) is 5.92 Å². The van der Waals surface area contributed by atoms with Crippen molar-refractivity contribution in [3.8, 4) is 0 Å². The summed E-state index contributed by atoms with van der Waals surface area (Å²) in [5, 5.41) is 3.63. The molecule has 0 saturated heterocycles. The third kappa shape index (κ3) is 4.10. The highest BCUT2D eigenvalue weighted by Crippen LogP contribution is 2.23. The second kappa shape index (κ2) is 6.39. The number of hydrogen-bond donors (Lipinski definition) is 1. The molecule has 0 aromatic carbocycles. The molecule has 0 amide bonds. The van der Waals surface area contributed by atoms with Crippen LogP contribution in [0.4, 0.5) is 0 Å². The fraction of sp³-hybridized carbons (Fsp3) is 1.00. The molecule has 2 nitrogen and oxygen atoms in total. The molecule has 0 unspecified atom stereocenters. The Morgan fingerprint density at radius 1 is 1.31 bits per heavy atom. The first-order valence-corrected chi connectivity index (χ1v) is 5.57. The average molecular weight is 185 g/mol. The number of ether oxygens (including phenoxy) is 1. The van der Waals surface area contributed by atoms with Crippen molar-refractivity contribution in [1.82, 2.24) is 5.32 Å². The molecule has 1 saturated carbocycles. The molecule has 0 bridgehead atoms. The van der Waals surface area contributed by atoms with Gasteiger partial charge in [-0.15, -0.1) is 0 Å². The minimum Gasteiger partial charge on any atom is -0.385 e. The lowest BCUT2D eigenvalue weighted by atomic mass is 9.86. The second-order valence-electron chi connectivity index (χ2n) is 4.17. The van der Waals surface area contributed by atoms with Gasteiger partial charge in [-0.05, 0) is 31.7 Å². The summed E-state index contributed by atoms with van der Waals surface area (Å²) >= 11 is 0. The molecule has 0 aromatic heterocycles. The smallest absolute Gasteiger partial charge is 0.0474 e. The van der Waals surface area contributed by atoms with Crippen molar-refractivity contribution in [2.45, 2.75) is 45.1 Å². The lowest BCUT2D eigenvalue weighted by Crippen LogP contribution is -2.37. The maximum atomic E-state index is 5.02. The van der Waals surface area contributed by atoms with Gasteiger partial charge in [0.15, 0.2) is 0 Å². The Morgan fingerprint density at radius 3 is 2.77 bits per heavy atom. The molecule has 2 heteroatoms. The van der Waals surface area contributed by atoms with Crippen LogP contribution in [0.15, 0.2) is 0 Å². The van der Waals surface area contributed by atoms with E-state index in [1.54, 1.807) is 7.11 Å². The van der Waals surface area contributed by atoms with E-state index in [1.807, 2.05) is 0 Å². The molecule has 13 heavy (non-hydrogen) atoms. The van der Waals surface area contributed by atoms with Gasteiger partial charge in [0.25, 0.3) is 0 Å². The van der Waals surface area contributed by atoms with E-state index in [9.17, 15) is 0 Å². The van der Waals surface area contributed by atoms with Crippen molar-refractivity contribution in [1.29, 1.82) is 0 Å². The van der Waals surface area contributed by atoms with Gasteiger partial charge in [-0.3, -0.25) is 0 Å². The van der Waals surface area contributed by atoms with E-state index < -0.39 is 0 Å². The fourth-order valence-electron chi connectivity index (χ4n) is 2.12. The van der Waals surface area contributed by atoms with Gasteiger partial charge in [-0.2, -0.15) is 0 Å². The highest BCUT2D eigenvalue weighted by Gasteiger charge is 2.19. The first kappa shape index (κ1) is 11.0. The first-order valence-electron chi connectivity index (χ1n) is 5.57. The van der Waals surface area contributed by atoms with Crippen molar-refractivity contribution < 1.29 is 4.74 Å². The van der Waals surface area contributed by atoms with Gasteiger partial charge in [0, 0.05) is 19.8 Å². The maximum Gasteiger partial charge on any atom is 0.0474 e. The van der Waals surface area contributed by atoms with Crippen LogP contribution in [-0.2, 0) is 4.74 Å². The second-order valence-corrected chi connectivity index (χ2v) is 4.17. The molecule has 1 aliphatic rings. The summed E-state index contributed by atoms with van der Waals surface area (Å²) in [5.41, 5.74) is 0. The van der Waals surface area contributed by atoms with Crippen LogP contribution in [0.5, 0.6) is 0 Å². The van der Waals surface area contributed by atoms with Crippen LogP contribution >= 0.6 is 0 Å². The van der Waals surface area contributed by atoms with Crippen LogP contribution in [-0.4, -0.2) is 26.3 Å². The van der Waals surface area contributed by atoms with E-state index in [0.29, 0.717) is 0 Å². The molecule has 0 spiro atoms. The summed E-state index contributed by atoms with van der Waals surface area (Å²) in [4.78, 5) is 0. The molecule has 78 valence electrons. The summed E-state index contributed by atoms with van der Waals surface area (Å²) < 4.78 is 5.02. The summed E-state index contributed by atoms with van der Waals surface area (Å²) in [5.74, 6) is 0.872. The molecule has 0 heterocycles. The van der Waals surface area contributed by atoms with Gasteiger partial charge in [0.1, 0.15) is 0 Å². The van der Waals surface area contributed by atoms with Crippen LogP contribution in [0.1, 0.15) is 39.0 Å². The van der Waals surface area contributed by atoms with Crippen LogP contribution in [0.25, 0.3) is 0 Å². The fourth-order valence-corrected chi connectivity index (χ4v) is 2.12. The van der Waals surface area contributed by atoms with Gasteiger partial charge in [-0.25, -0.2) is 0 Å². The maximum absolute atomic E-state index is 5.02. The first-order chi connectivity index (χ1) is 6.34. The third-order valence-electron chi connectivity index (χ3n) is 3.04. The van der Waals surface area contributed by atoms with Crippen LogP contribution in [0, 0.1) is 5.92 Å². The average Bonchev–Trinajstić information content (AvgIpc) is 2.15. The number of hydrogen-bond acceptors (Lipinski definition) is 2. The van der Waals surface area contributed by atoms with E-state index in [2.05, 4.69) is 12.2 Å². The molecule has 1 aliphatic carbocycles. The molecular formula is C11H23NO. The Balaban J connectivity index is 2.05. The van der Waals surface area contributed by atoms with Gasteiger partial charge in [0.2, 0.25) is 0 Å². The summed E-state index contributed by atoms with van der Waals surface area (Å²) in [6, 6.07) is 0.769. The normalized spacial score (nSPS) is 29.1. The number of nitrogens with one attached hydrogen (secondary N) is 1. The standard InChI is InChI=1S/C11H23NO/c1-10-6-3-4-7-11(10)12-8-5-9-13-2/h10-12H,3-9H2,1-2H3/t10-,11+/m1/s1. The minimum atomic E-state index is 0.769. The highest BCUT2D eigenvalue weighted by atomic mass is 16.5. The van der Waals surface area contributed by atoms with Gasteiger partial charge >= 0.3 is 0 Å². The molecule has 1 N–H and O–H groups in total. The van der Waals surface area contributed by atoms with Crippen molar-refractivity contribution in [2.75, 3.05) is 20.3 Å². The zero-order valence-electron chi connectivity index (χ0n) is 9.01. The van der Waals surface area contributed by atoms with Crippen LogP contribution < -0.4 is 5.32 Å². The van der Waals surface area contributed by atoms with Gasteiger partial charge in [0.05, 0.1) is 0 Å². The van der Waals surface area contributed by atoms with E-state index in [-0.39, 0.29) is 0 Å². The van der Waals surface area contributed by atoms with E-state index in [0.717, 1.165) is 31.5 Å².